The minimum atomic E-state index is -3.82. The van der Waals surface area contributed by atoms with Crippen LogP contribution in [0.25, 0.3) is 0 Å². The molecule has 25 heavy (non-hydrogen) atoms. The van der Waals surface area contributed by atoms with E-state index in [1.807, 2.05) is 0 Å². The van der Waals surface area contributed by atoms with Crippen LogP contribution in [0, 0.1) is 0 Å². The van der Waals surface area contributed by atoms with Crippen molar-refractivity contribution in [3.63, 3.8) is 0 Å². The van der Waals surface area contributed by atoms with Gasteiger partial charge in [0.05, 0.1) is 29.8 Å². The fraction of sp³-hybridized carbons (Fsp3) is 0.125. The van der Waals surface area contributed by atoms with Crippen LogP contribution in [0.3, 0.4) is 0 Å². The minimum Gasteiger partial charge on any atom is -0.465 e. The fourth-order valence-electron chi connectivity index (χ4n) is 1.93. The Bertz CT molecular complexity index is 882. The topological polar surface area (TPSA) is 102 Å². The van der Waals surface area contributed by atoms with Gasteiger partial charge in [-0.25, -0.2) is 17.9 Å². The van der Waals surface area contributed by atoms with E-state index in [2.05, 4.69) is 30.7 Å². The van der Waals surface area contributed by atoms with Crippen molar-refractivity contribution in [3.05, 3.63) is 58.6 Å². The van der Waals surface area contributed by atoms with Gasteiger partial charge in [0, 0.05) is 4.47 Å². The van der Waals surface area contributed by atoms with Crippen molar-refractivity contribution in [1.82, 2.24) is 4.72 Å². The first-order valence-corrected chi connectivity index (χ1v) is 9.33. The molecule has 0 heterocycles. The summed E-state index contributed by atoms with van der Waals surface area (Å²) >= 11 is 3.22. The molecule has 0 fully saturated rings. The average Bonchev–Trinajstić information content (AvgIpc) is 2.60. The number of carbonyl (C=O) groups excluding carboxylic acids is 2. The Labute approximate surface area is 153 Å². The molecule has 0 aliphatic heterocycles. The second-order valence-corrected chi connectivity index (χ2v) is 7.55. The van der Waals surface area contributed by atoms with Crippen LogP contribution in [-0.4, -0.2) is 33.9 Å². The van der Waals surface area contributed by atoms with Gasteiger partial charge in [-0.3, -0.25) is 4.79 Å². The summed E-state index contributed by atoms with van der Waals surface area (Å²) in [6, 6.07) is 12.3. The van der Waals surface area contributed by atoms with E-state index >= 15 is 0 Å². The van der Waals surface area contributed by atoms with Crippen molar-refractivity contribution >= 4 is 43.5 Å². The molecule has 0 aromatic heterocycles. The molecular weight excluding hydrogens is 412 g/mol. The highest BCUT2D eigenvalue weighted by Gasteiger charge is 2.17. The largest absolute Gasteiger partial charge is 0.465 e. The van der Waals surface area contributed by atoms with Gasteiger partial charge in [-0.15, -0.1) is 0 Å². The van der Waals surface area contributed by atoms with E-state index in [1.165, 1.54) is 31.4 Å². The Balaban J connectivity index is 2.04. The van der Waals surface area contributed by atoms with Crippen LogP contribution in [0.2, 0.25) is 0 Å². The predicted molar refractivity (Wildman–Crippen MR) is 95.7 cm³/mol. The van der Waals surface area contributed by atoms with E-state index in [9.17, 15) is 18.0 Å². The summed E-state index contributed by atoms with van der Waals surface area (Å²) in [5.41, 5.74) is 0.413. The fourth-order valence-corrected chi connectivity index (χ4v) is 3.18. The van der Waals surface area contributed by atoms with E-state index in [0.717, 1.165) is 4.47 Å². The lowest BCUT2D eigenvalue weighted by atomic mass is 10.2. The van der Waals surface area contributed by atoms with Crippen LogP contribution >= 0.6 is 15.9 Å². The standard InChI is InChI=1S/C16H15BrN2O5S/c1-24-16(21)13-4-2-3-5-14(13)19-15(20)10-18-25(22,23)12-8-6-11(17)7-9-12/h2-9,18H,10H2,1H3,(H,19,20). The molecule has 0 aliphatic rings. The van der Waals surface area contributed by atoms with Crippen molar-refractivity contribution < 1.29 is 22.7 Å². The first kappa shape index (κ1) is 19.1. The van der Waals surface area contributed by atoms with E-state index in [0.29, 0.717) is 0 Å². The number of methoxy groups -OCH3 is 1. The number of nitrogens with one attached hydrogen (secondary N) is 2. The average molecular weight is 427 g/mol. The first-order valence-electron chi connectivity index (χ1n) is 7.06. The number of benzene rings is 2. The third-order valence-electron chi connectivity index (χ3n) is 3.15. The van der Waals surface area contributed by atoms with Crippen molar-refractivity contribution in [3.8, 4) is 0 Å². The minimum absolute atomic E-state index is 0.0402. The highest BCUT2D eigenvalue weighted by molar-refractivity contribution is 9.10. The molecule has 0 aliphatic carbocycles. The zero-order chi connectivity index (χ0) is 18.4. The lowest BCUT2D eigenvalue weighted by Crippen LogP contribution is -2.33. The van der Waals surface area contributed by atoms with Gasteiger partial charge in [0.15, 0.2) is 0 Å². The van der Waals surface area contributed by atoms with Gasteiger partial charge in [0.2, 0.25) is 15.9 Å². The number of hydrogen-bond acceptors (Lipinski definition) is 5. The maximum absolute atomic E-state index is 12.1. The number of sulfonamides is 1. The zero-order valence-electron chi connectivity index (χ0n) is 13.2. The van der Waals surface area contributed by atoms with Crippen molar-refractivity contribution in [2.75, 3.05) is 19.0 Å². The summed E-state index contributed by atoms with van der Waals surface area (Å²) in [7, 11) is -2.59. The van der Waals surface area contributed by atoms with Gasteiger partial charge in [-0.05, 0) is 36.4 Å². The molecule has 2 rings (SSSR count). The molecule has 2 aromatic carbocycles. The zero-order valence-corrected chi connectivity index (χ0v) is 15.6. The number of halogens is 1. The molecule has 0 saturated heterocycles. The summed E-state index contributed by atoms with van der Waals surface area (Å²) in [5.74, 6) is -1.22. The van der Waals surface area contributed by atoms with Crippen LogP contribution < -0.4 is 10.0 Å². The molecule has 132 valence electrons. The lowest BCUT2D eigenvalue weighted by Gasteiger charge is -2.10. The van der Waals surface area contributed by atoms with Crippen LogP contribution in [0.5, 0.6) is 0 Å². The summed E-state index contributed by atoms with van der Waals surface area (Å²) in [6.45, 7) is -0.478. The molecule has 0 bridgehead atoms. The SMILES string of the molecule is COC(=O)c1ccccc1NC(=O)CNS(=O)(=O)c1ccc(Br)cc1. The number of ether oxygens (including phenoxy) is 1. The monoisotopic (exact) mass is 426 g/mol. The number of carbonyl (C=O) groups is 2. The molecular formula is C16H15BrN2O5S. The molecule has 7 nitrogen and oxygen atoms in total. The van der Waals surface area contributed by atoms with E-state index in [-0.39, 0.29) is 16.1 Å². The van der Waals surface area contributed by atoms with Crippen LogP contribution in [0.15, 0.2) is 57.9 Å². The normalized spacial score (nSPS) is 11.0. The van der Waals surface area contributed by atoms with Gasteiger partial charge < -0.3 is 10.1 Å². The summed E-state index contributed by atoms with van der Waals surface area (Å²) in [6.07, 6.45) is 0. The Morgan fingerprint density at radius 3 is 2.36 bits per heavy atom. The summed E-state index contributed by atoms with van der Waals surface area (Å²) < 4.78 is 31.9. The molecule has 0 unspecified atom stereocenters. The van der Waals surface area contributed by atoms with Crippen molar-refractivity contribution in [1.29, 1.82) is 0 Å². The van der Waals surface area contributed by atoms with E-state index in [4.69, 9.17) is 0 Å². The maximum Gasteiger partial charge on any atom is 0.339 e. The number of para-hydroxylation sites is 1. The number of anilines is 1. The Morgan fingerprint density at radius 2 is 1.72 bits per heavy atom. The predicted octanol–water partition coefficient (Wildman–Crippen LogP) is 2.15. The quantitative estimate of drug-likeness (QED) is 0.688. The highest BCUT2D eigenvalue weighted by atomic mass is 79.9. The number of rotatable bonds is 6. The maximum atomic E-state index is 12.1. The Morgan fingerprint density at radius 1 is 1.08 bits per heavy atom. The smallest absolute Gasteiger partial charge is 0.339 e. The van der Waals surface area contributed by atoms with Crippen molar-refractivity contribution in [2.24, 2.45) is 0 Å². The molecule has 2 N–H and O–H groups in total. The van der Waals surface area contributed by atoms with Gasteiger partial charge in [-0.1, -0.05) is 28.1 Å². The van der Waals surface area contributed by atoms with E-state index in [1.54, 1.807) is 24.3 Å². The summed E-state index contributed by atoms with van der Waals surface area (Å²) in [4.78, 5) is 23.7. The van der Waals surface area contributed by atoms with Gasteiger partial charge in [0.1, 0.15) is 0 Å². The number of hydrogen-bond donors (Lipinski definition) is 2. The molecule has 0 spiro atoms. The molecule has 1 amide bonds. The first-order chi connectivity index (χ1) is 11.8. The number of amides is 1. The second-order valence-electron chi connectivity index (χ2n) is 4.86. The lowest BCUT2D eigenvalue weighted by molar-refractivity contribution is -0.115. The van der Waals surface area contributed by atoms with Gasteiger partial charge >= 0.3 is 5.97 Å². The van der Waals surface area contributed by atoms with Gasteiger partial charge in [-0.2, -0.15) is 0 Å². The second kappa shape index (κ2) is 8.24. The van der Waals surface area contributed by atoms with Crippen LogP contribution in [0.1, 0.15) is 10.4 Å². The van der Waals surface area contributed by atoms with E-state index < -0.39 is 28.4 Å². The third-order valence-corrected chi connectivity index (χ3v) is 5.10. The van der Waals surface area contributed by atoms with Crippen molar-refractivity contribution in [2.45, 2.75) is 4.90 Å². The molecule has 2 aromatic rings. The Kier molecular flexibility index (Phi) is 6.29. The highest BCUT2D eigenvalue weighted by Crippen LogP contribution is 2.16. The van der Waals surface area contributed by atoms with Crippen LogP contribution in [-0.2, 0) is 19.6 Å². The molecule has 9 heteroatoms. The summed E-state index contributed by atoms with van der Waals surface area (Å²) in [5, 5.41) is 2.48. The number of esters is 1. The molecule has 0 saturated carbocycles. The van der Waals surface area contributed by atoms with Gasteiger partial charge in [0.25, 0.3) is 0 Å². The van der Waals surface area contributed by atoms with Crippen LogP contribution in [0.4, 0.5) is 5.69 Å². The molecule has 0 radical (unpaired) electrons. The third kappa shape index (κ3) is 5.12. The Hall–Kier alpha value is -2.23. The molecule has 0 atom stereocenters.